The maximum atomic E-state index is 3.55. The molecule has 0 saturated carbocycles. The van der Waals surface area contributed by atoms with Crippen molar-refractivity contribution in [1.82, 2.24) is 10.6 Å². The normalized spacial score (nSPS) is 26.5. The first-order chi connectivity index (χ1) is 5.43. The molecule has 1 rings (SSSR count). The molecule has 0 radical (unpaired) electrons. The minimum absolute atomic E-state index is 0.734. The van der Waals surface area contributed by atoms with Crippen LogP contribution in [0.5, 0.6) is 0 Å². The fraction of sp³-hybridized carbons (Fsp3) is 1.00. The Hall–Kier alpha value is -0.0800. The first-order valence-electron chi connectivity index (χ1n) is 4.87. The van der Waals surface area contributed by atoms with Crippen molar-refractivity contribution in [2.45, 2.75) is 38.6 Å². The average molecular weight is 156 g/mol. The van der Waals surface area contributed by atoms with Crippen LogP contribution >= 0.6 is 0 Å². The van der Waals surface area contributed by atoms with E-state index >= 15 is 0 Å². The molecule has 1 fully saturated rings. The molecule has 1 aliphatic rings. The lowest BCUT2D eigenvalue weighted by Crippen LogP contribution is -2.37. The fourth-order valence-electron chi connectivity index (χ4n) is 1.54. The molecular weight excluding hydrogens is 136 g/mol. The molecule has 2 heteroatoms. The summed E-state index contributed by atoms with van der Waals surface area (Å²) in [4.78, 5) is 0. The van der Waals surface area contributed by atoms with E-state index in [1.807, 2.05) is 0 Å². The van der Waals surface area contributed by atoms with Crippen LogP contribution in [0.4, 0.5) is 0 Å². The van der Waals surface area contributed by atoms with Crippen molar-refractivity contribution in [1.29, 1.82) is 0 Å². The van der Waals surface area contributed by atoms with Crippen molar-refractivity contribution >= 4 is 0 Å². The van der Waals surface area contributed by atoms with Crippen molar-refractivity contribution in [2.75, 3.05) is 19.6 Å². The lowest BCUT2D eigenvalue weighted by molar-refractivity contribution is 0.475. The zero-order valence-electron chi connectivity index (χ0n) is 7.53. The van der Waals surface area contributed by atoms with Gasteiger partial charge in [-0.1, -0.05) is 13.3 Å². The smallest absolute Gasteiger partial charge is 0.0192 e. The minimum atomic E-state index is 0.734. The van der Waals surface area contributed by atoms with E-state index in [-0.39, 0.29) is 0 Å². The first-order valence-corrected chi connectivity index (χ1v) is 4.87. The summed E-state index contributed by atoms with van der Waals surface area (Å²) in [7, 11) is 0. The summed E-state index contributed by atoms with van der Waals surface area (Å²) >= 11 is 0. The molecule has 66 valence electrons. The minimum Gasteiger partial charge on any atom is -0.315 e. The summed E-state index contributed by atoms with van der Waals surface area (Å²) in [5.74, 6) is 0. The standard InChI is InChI=1S/C9H20N2/c1-2-6-11-9-5-3-4-7-10-8-9/h9-11H,2-8H2,1H3. The van der Waals surface area contributed by atoms with E-state index in [2.05, 4.69) is 17.6 Å². The van der Waals surface area contributed by atoms with E-state index < -0.39 is 0 Å². The van der Waals surface area contributed by atoms with Crippen molar-refractivity contribution in [2.24, 2.45) is 0 Å². The second kappa shape index (κ2) is 5.56. The Morgan fingerprint density at radius 2 is 2.36 bits per heavy atom. The summed E-state index contributed by atoms with van der Waals surface area (Å²) in [6, 6.07) is 0.734. The van der Waals surface area contributed by atoms with E-state index in [1.54, 1.807) is 0 Å². The second-order valence-corrected chi connectivity index (χ2v) is 3.35. The molecule has 0 bridgehead atoms. The molecule has 2 N–H and O–H groups in total. The third-order valence-corrected chi connectivity index (χ3v) is 2.23. The van der Waals surface area contributed by atoms with E-state index in [4.69, 9.17) is 0 Å². The molecule has 1 heterocycles. The van der Waals surface area contributed by atoms with Crippen LogP contribution in [0, 0.1) is 0 Å². The van der Waals surface area contributed by atoms with Gasteiger partial charge < -0.3 is 10.6 Å². The zero-order chi connectivity index (χ0) is 7.94. The van der Waals surface area contributed by atoms with Gasteiger partial charge in [0.2, 0.25) is 0 Å². The van der Waals surface area contributed by atoms with Crippen molar-refractivity contribution in [3.63, 3.8) is 0 Å². The van der Waals surface area contributed by atoms with Crippen molar-refractivity contribution < 1.29 is 0 Å². The van der Waals surface area contributed by atoms with Gasteiger partial charge in [0, 0.05) is 12.6 Å². The summed E-state index contributed by atoms with van der Waals surface area (Å²) < 4.78 is 0. The average Bonchev–Trinajstić information content (AvgIpc) is 2.28. The summed E-state index contributed by atoms with van der Waals surface area (Å²) in [6.45, 7) is 5.77. The molecule has 1 unspecified atom stereocenters. The number of rotatable bonds is 3. The molecule has 0 aromatic carbocycles. The van der Waals surface area contributed by atoms with Crippen LogP contribution in [0.3, 0.4) is 0 Å². The van der Waals surface area contributed by atoms with Gasteiger partial charge in [0.1, 0.15) is 0 Å². The van der Waals surface area contributed by atoms with Crippen molar-refractivity contribution in [3.8, 4) is 0 Å². The van der Waals surface area contributed by atoms with E-state index in [0.717, 1.165) is 6.04 Å². The quantitative estimate of drug-likeness (QED) is 0.640. The Kier molecular flexibility index (Phi) is 4.55. The van der Waals surface area contributed by atoms with E-state index in [9.17, 15) is 0 Å². The van der Waals surface area contributed by atoms with E-state index in [1.165, 1.54) is 45.3 Å². The third kappa shape index (κ3) is 3.73. The van der Waals surface area contributed by atoms with Crippen LogP contribution in [0.2, 0.25) is 0 Å². The van der Waals surface area contributed by atoms with Crippen LogP contribution in [0.1, 0.15) is 32.6 Å². The van der Waals surface area contributed by atoms with Gasteiger partial charge in [0.25, 0.3) is 0 Å². The predicted molar refractivity (Wildman–Crippen MR) is 48.8 cm³/mol. The summed E-state index contributed by atoms with van der Waals surface area (Å²) in [5.41, 5.74) is 0. The van der Waals surface area contributed by atoms with Gasteiger partial charge in [-0.15, -0.1) is 0 Å². The Bertz CT molecular complexity index is 85.6. The maximum Gasteiger partial charge on any atom is 0.0192 e. The highest BCUT2D eigenvalue weighted by Gasteiger charge is 2.09. The van der Waals surface area contributed by atoms with Crippen LogP contribution < -0.4 is 10.6 Å². The SMILES string of the molecule is CCCNC1CCCCNC1. The zero-order valence-corrected chi connectivity index (χ0v) is 7.53. The monoisotopic (exact) mass is 156 g/mol. The number of hydrogen-bond donors (Lipinski definition) is 2. The maximum absolute atomic E-state index is 3.55. The molecule has 1 aliphatic heterocycles. The Labute approximate surface area is 69.8 Å². The van der Waals surface area contributed by atoms with Crippen LogP contribution in [-0.2, 0) is 0 Å². The van der Waals surface area contributed by atoms with Crippen LogP contribution in [-0.4, -0.2) is 25.7 Å². The highest BCUT2D eigenvalue weighted by atomic mass is 15.0. The molecule has 0 amide bonds. The fourth-order valence-corrected chi connectivity index (χ4v) is 1.54. The second-order valence-electron chi connectivity index (χ2n) is 3.35. The lowest BCUT2D eigenvalue weighted by Gasteiger charge is -2.15. The Morgan fingerprint density at radius 3 is 3.18 bits per heavy atom. The Balaban J connectivity index is 2.09. The largest absolute Gasteiger partial charge is 0.315 e. The van der Waals surface area contributed by atoms with Gasteiger partial charge in [-0.2, -0.15) is 0 Å². The highest BCUT2D eigenvalue weighted by Crippen LogP contribution is 2.03. The predicted octanol–water partition coefficient (Wildman–Crippen LogP) is 1.13. The highest BCUT2D eigenvalue weighted by molar-refractivity contribution is 4.72. The lowest BCUT2D eigenvalue weighted by atomic mass is 10.1. The summed E-state index contributed by atoms with van der Waals surface area (Å²) in [6.07, 6.45) is 5.34. The molecule has 1 atom stereocenters. The number of nitrogens with one attached hydrogen (secondary N) is 2. The molecule has 11 heavy (non-hydrogen) atoms. The first kappa shape index (κ1) is 9.01. The van der Waals surface area contributed by atoms with Gasteiger partial charge in [0.05, 0.1) is 0 Å². The Morgan fingerprint density at radius 1 is 1.45 bits per heavy atom. The van der Waals surface area contributed by atoms with Crippen molar-refractivity contribution in [3.05, 3.63) is 0 Å². The van der Waals surface area contributed by atoms with Gasteiger partial charge in [0.15, 0.2) is 0 Å². The van der Waals surface area contributed by atoms with Gasteiger partial charge >= 0.3 is 0 Å². The molecular formula is C9H20N2. The van der Waals surface area contributed by atoms with Gasteiger partial charge in [-0.3, -0.25) is 0 Å². The summed E-state index contributed by atoms with van der Waals surface area (Å²) in [5, 5.41) is 6.99. The molecule has 0 spiro atoms. The molecule has 0 aliphatic carbocycles. The molecule has 0 aromatic heterocycles. The molecule has 2 nitrogen and oxygen atoms in total. The molecule has 0 aromatic rings. The van der Waals surface area contributed by atoms with Crippen LogP contribution in [0.15, 0.2) is 0 Å². The topological polar surface area (TPSA) is 24.1 Å². The third-order valence-electron chi connectivity index (χ3n) is 2.23. The van der Waals surface area contributed by atoms with Crippen LogP contribution in [0.25, 0.3) is 0 Å². The van der Waals surface area contributed by atoms with Gasteiger partial charge in [-0.25, -0.2) is 0 Å². The van der Waals surface area contributed by atoms with E-state index in [0.29, 0.717) is 0 Å². The number of hydrogen-bond acceptors (Lipinski definition) is 2. The van der Waals surface area contributed by atoms with Gasteiger partial charge in [-0.05, 0) is 32.4 Å². The molecule has 1 saturated heterocycles.